The Morgan fingerprint density at radius 1 is 0.405 bits per heavy atom. The monoisotopic (exact) mass is 1150 g/mol. The lowest BCUT2D eigenvalue weighted by Crippen LogP contribution is -2.61. The summed E-state index contributed by atoms with van der Waals surface area (Å²) in [7, 11) is 0. The SMILES string of the molecule is CC[C@H](C)[C@H](NC(=O)[C@H](CC(=O)O)NC(=O)[C@H](CCCCN)NC(=O)[C@H](CCC(=O)O)NC(=O)[C@H](CCCCN)NC(=O)[C@@H](N)CCCCN)C(=O)N[C@@H](CCSC)C(=O)N[C@@H](CCCCN)C(=O)N[C@@H](CCCCN)C(=O)O. The highest BCUT2D eigenvalue weighted by molar-refractivity contribution is 7.98. The first-order valence-corrected chi connectivity index (χ1v) is 28.8. The maximum Gasteiger partial charge on any atom is 0.326 e. The van der Waals surface area contributed by atoms with Crippen molar-refractivity contribution in [3.05, 3.63) is 0 Å². The summed E-state index contributed by atoms with van der Waals surface area (Å²) in [6.07, 6.45) is 4.76. The summed E-state index contributed by atoms with van der Waals surface area (Å²) in [5, 5.41) is 49.6. The van der Waals surface area contributed by atoms with Crippen LogP contribution in [0.15, 0.2) is 0 Å². The zero-order valence-corrected chi connectivity index (χ0v) is 47.2. The fraction of sp³-hybridized carbons (Fsp3) is 0.780. The van der Waals surface area contributed by atoms with E-state index in [1.807, 2.05) is 0 Å². The molecule has 79 heavy (non-hydrogen) atoms. The van der Waals surface area contributed by atoms with E-state index in [1.54, 1.807) is 20.1 Å². The third kappa shape index (κ3) is 31.6. The van der Waals surface area contributed by atoms with Gasteiger partial charge in [0.2, 0.25) is 47.3 Å². The van der Waals surface area contributed by atoms with Crippen LogP contribution in [0.4, 0.5) is 0 Å². The molecule has 0 rings (SSSR count). The van der Waals surface area contributed by atoms with E-state index >= 15 is 0 Å². The number of aliphatic carboxylic acids is 3. The number of hydrogen-bond acceptors (Lipinski definition) is 18. The molecule has 10 atom stereocenters. The largest absolute Gasteiger partial charge is 0.481 e. The number of unbranched alkanes of at least 4 members (excludes halogenated alkanes) is 5. The molecule has 29 heteroatoms. The molecule has 0 fully saturated rings. The Kier molecular flexibility index (Phi) is 40.0. The number of carboxylic acids is 3. The van der Waals surface area contributed by atoms with Crippen LogP contribution in [-0.4, -0.2) is 180 Å². The standard InChI is InChI=1S/C50H94N14O14S/c1-4-30(2)41(49(76)61-36(22-28-79-3)47(74)59-33(17-7-12-25-53)44(71)62-37(50(77)78)19-9-14-27-55)64-48(75)38(29-40(67)68)63-45(72)34(18-8-13-26-54)58-46(73)35(20-21-39(65)66)60-43(70)32(16-6-11-24-52)57-42(69)31(56)15-5-10-23-51/h30-38,41H,4-29,51-56H2,1-3H3,(H,57,69)(H,58,73)(H,59,74)(H,60,70)(H,61,76)(H,62,71)(H,63,72)(H,64,75)(H,65,66)(H,67,68)(H,77,78)/t30-,31-,32-,33-,34-,35-,36-,37-,38-,41-/m0/s1. The maximum atomic E-state index is 14.2. The first kappa shape index (κ1) is 73.3. The molecule has 0 radical (unpaired) electrons. The van der Waals surface area contributed by atoms with Gasteiger partial charge in [0.05, 0.1) is 12.5 Å². The number of amides is 8. The van der Waals surface area contributed by atoms with Crippen molar-refractivity contribution >= 4 is 76.9 Å². The van der Waals surface area contributed by atoms with E-state index in [2.05, 4.69) is 42.5 Å². The van der Waals surface area contributed by atoms with Crippen LogP contribution in [0.3, 0.4) is 0 Å². The summed E-state index contributed by atoms with van der Waals surface area (Å²) < 4.78 is 0. The van der Waals surface area contributed by atoms with Crippen LogP contribution in [0, 0.1) is 5.92 Å². The molecular weight excluding hydrogens is 1050 g/mol. The molecule has 0 unspecified atom stereocenters. The molecule has 23 N–H and O–H groups in total. The molecule has 0 aliphatic heterocycles. The van der Waals surface area contributed by atoms with Crippen molar-refractivity contribution in [2.24, 2.45) is 40.3 Å². The molecular formula is C50H94N14O14S. The highest BCUT2D eigenvalue weighted by atomic mass is 32.2. The number of nitrogens with one attached hydrogen (secondary N) is 8. The van der Waals surface area contributed by atoms with Gasteiger partial charge in [0.1, 0.15) is 48.3 Å². The van der Waals surface area contributed by atoms with Crippen molar-refractivity contribution < 1.29 is 68.1 Å². The Bertz CT molecular complexity index is 1910. The lowest BCUT2D eigenvalue weighted by atomic mass is 9.97. The molecule has 0 aliphatic carbocycles. The van der Waals surface area contributed by atoms with Crippen molar-refractivity contribution in [1.29, 1.82) is 0 Å². The summed E-state index contributed by atoms with van der Waals surface area (Å²) in [4.78, 5) is 147. The molecule has 28 nitrogen and oxygen atoms in total. The molecule has 0 aromatic heterocycles. The highest BCUT2D eigenvalue weighted by Gasteiger charge is 2.37. The number of thioether (sulfide) groups is 1. The van der Waals surface area contributed by atoms with E-state index in [4.69, 9.17) is 34.4 Å². The van der Waals surface area contributed by atoms with Crippen molar-refractivity contribution in [1.82, 2.24) is 42.5 Å². The van der Waals surface area contributed by atoms with Gasteiger partial charge in [0.25, 0.3) is 0 Å². The van der Waals surface area contributed by atoms with Crippen molar-refractivity contribution in [3.63, 3.8) is 0 Å². The van der Waals surface area contributed by atoms with Gasteiger partial charge in [-0.1, -0.05) is 26.7 Å². The Hall–Kier alpha value is -5.72. The first-order chi connectivity index (χ1) is 37.5. The van der Waals surface area contributed by atoms with Gasteiger partial charge in [-0.25, -0.2) is 4.79 Å². The summed E-state index contributed by atoms with van der Waals surface area (Å²) in [6.45, 7) is 4.75. The van der Waals surface area contributed by atoms with Gasteiger partial charge in [-0.05, 0) is 153 Å². The zero-order valence-electron chi connectivity index (χ0n) is 46.4. The maximum absolute atomic E-state index is 14.2. The van der Waals surface area contributed by atoms with Crippen molar-refractivity contribution in [3.8, 4) is 0 Å². The van der Waals surface area contributed by atoms with E-state index < -0.39 is 145 Å². The zero-order chi connectivity index (χ0) is 59.9. The summed E-state index contributed by atoms with van der Waals surface area (Å²) in [6, 6.07) is -12.4. The van der Waals surface area contributed by atoms with Crippen LogP contribution in [0.25, 0.3) is 0 Å². The van der Waals surface area contributed by atoms with Crippen molar-refractivity contribution in [2.75, 3.05) is 44.7 Å². The fourth-order valence-electron chi connectivity index (χ4n) is 7.96. The molecule has 0 heterocycles. The van der Waals surface area contributed by atoms with Crippen LogP contribution in [0.2, 0.25) is 0 Å². The first-order valence-electron chi connectivity index (χ1n) is 27.4. The topological polar surface area (TPSA) is 501 Å². The summed E-state index contributed by atoms with van der Waals surface area (Å²) in [5.74, 6) is -11.6. The van der Waals surface area contributed by atoms with Gasteiger partial charge in [-0.3, -0.25) is 47.9 Å². The van der Waals surface area contributed by atoms with Gasteiger partial charge in [0, 0.05) is 6.42 Å². The van der Waals surface area contributed by atoms with E-state index in [9.17, 15) is 68.1 Å². The molecule has 0 spiro atoms. The highest BCUT2D eigenvalue weighted by Crippen LogP contribution is 2.14. The second-order valence-corrected chi connectivity index (χ2v) is 20.5. The van der Waals surface area contributed by atoms with E-state index in [0.29, 0.717) is 76.6 Å². The van der Waals surface area contributed by atoms with E-state index in [1.165, 1.54) is 11.8 Å². The minimum absolute atomic E-state index is 0.0420. The molecule has 0 bridgehead atoms. The summed E-state index contributed by atoms with van der Waals surface area (Å²) in [5.41, 5.74) is 34.2. The lowest BCUT2D eigenvalue weighted by molar-refractivity contribution is -0.143. The number of rotatable bonds is 47. The van der Waals surface area contributed by atoms with Crippen LogP contribution in [0.1, 0.15) is 142 Å². The van der Waals surface area contributed by atoms with E-state index in [0.717, 1.165) is 0 Å². The lowest BCUT2D eigenvalue weighted by Gasteiger charge is -2.29. The molecule has 8 amide bonds. The third-order valence-electron chi connectivity index (χ3n) is 12.9. The van der Waals surface area contributed by atoms with Gasteiger partial charge in [-0.2, -0.15) is 11.8 Å². The number of nitrogens with two attached hydrogens (primary N) is 6. The number of carbonyl (C=O) groups excluding carboxylic acids is 8. The molecule has 454 valence electrons. The Morgan fingerprint density at radius 3 is 1.10 bits per heavy atom. The Labute approximate surface area is 467 Å². The minimum Gasteiger partial charge on any atom is -0.481 e. The Balaban J connectivity index is 6.81. The fourth-order valence-corrected chi connectivity index (χ4v) is 8.43. The summed E-state index contributed by atoms with van der Waals surface area (Å²) >= 11 is 1.35. The molecule has 0 aromatic carbocycles. The molecule has 0 saturated heterocycles. The Morgan fingerprint density at radius 2 is 0.734 bits per heavy atom. The van der Waals surface area contributed by atoms with Crippen LogP contribution >= 0.6 is 11.8 Å². The molecule has 0 saturated carbocycles. The second-order valence-electron chi connectivity index (χ2n) is 19.5. The predicted molar refractivity (Wildman–Crippen MR) is 297 cm³/mol. The predicted octanol–water partition coefficient (Wildman–Crippen LogP) is -2.94. The van der Waals surface area contributed by atoms with Gasteiger partial charge < -0.3 is 92.3 Å². The van der Waals surface area contributed by atoms with E-state index in [-0.39, 0.29) is 71.0 Å². The number of hydrogen-bond donors (Lipinski definition) is 17. The quantitative estimate of drug-likeness (QED) is 0.0271. The van der Waals surface area contributed by atoms with Gasteiger partial charge >= 0.3 is 17.9 Å². The molecule has 0 aliphatic rings. The van der Waals surface area contributed by atoms with Gasteiger partial charge in [-0.15, -0.1) is 0 Å². The van der Waals surface area contributed by atoms with Crippen LogP contribution in [-0.2, 0) is 52.7 Å². The van der Waals surface area contributed by atoms with Gasteiger partial charge in [0.15, 0.2) is 0 Å². The average Bonchev–Trinajstić information content (AvgIpc) is 3.40. The number of carbonyl (C=O) groups is 11. The minimum atomic E-state index is -1.87. The third-order valence-corrected chi connectivity index (χ3v) is 13.6. The normalized spacial score (nSPS) is 14.9. The smallest absolute Gasteiger partial charge is 0.326 e. The number of carboxylic acid groups (broad SMARTS) is 3. The second kappa shape index (κ2) is 43.1. The van der Waals surface area contributed by atoms with Crippen LogP contribution in [0.5, 0.6) is 0 Å². The average molecular weight is 1150 g/mol. The molecule has 0 aromatic rings. The van der Waals surface area contributed by atoms with Crippen molar-refractivity contribution in [2.45, 2.75) is 197 Å². The van der Waals surface area contributed by atoms with Crippen LogP contribution < -0.4 is 76.9 Å².